The van der Waals surface area contributed by atoms with Crippen LogP contribution in [0.15, 0.2) is 42.5 Å². The van der Waals surface area contributed by atoms with E-state index in [0.29, 0.717) is 36.8 Å². The van der Waals surface area contributed by atoms with E-state index in [1.54, 1.807) is 24.0 Å². The number of aryl methyl sites for hydroxylation is 1. The Bertz CT molecular complexity index is 848. The highest BCUT2D eigenvalue weighted by Gasteiger charge is 2.23. The molecule has 1 aliphatic heterocycles. The Labute approximate surface area is 162 Å². The van der Waals surface area contributed by atoms with E-state index >= 15 is 0 Å². The summed E-state index contributed by atoms with van der Waals surface area (Å²) in [6.07, 6.45) is 0. The molecule has 0 aliphatic carbocycles. The minimum atomic E-state index is -0.706. The number of esters is 1. The lowest BCUT2D eigenvalue weighted by molar-refractivity contribution is -0.134. The van der Waals surface area contributed by atoms with Gasteiger partial charge in [0.2, 0.25) is 0 Å². The first-order valence-corrected chi connectivity index (χ1v) is 9.07. The summed E-state index contributed by atoms with van der Waals surface area (Å²) < 4.78 is 5.08. The topological polar surface area (TPSA) is 70.1 Å². The fourth-order valence-electron chi connectivity index (χ4n) is 3.01. The van der Waals surface area contributed by atoms with Gasteiger partial charge in [0.1, 0.15) is 11.3 Å². The van der Waals surface area contributed by atoms with Crippen molar-refractivity contribution in [3.8, 4) is 5.75 Å². The molecule has 1 saturated heterocycles. The Kier molecular flexibility index (Phi) is 5.86. The molecular formula is C20H21ClN2O4. The van der Waals surface area contributed by atoms with E-state index in [-0.39, 0.29) is 23.8 Å². The molecule has 0 radical (unpaired) electrons. The summed E-state index contributed by atoms with van der Waals surface area (Å²) in [5, 5.41) is 10.6. The van der Waals surface area contributed by atoms with E-state index in [1.165, 1.54) is 6.07 Å². The van der Waals surface area contributed by atoms with Gasteiger partial charge in [-0.25, -0.2) is 4.79 Å². The Balaban J connectivity index is 1.51. The third-order valence-electron chi connectivity index (χ3n) is 4.59. The van der Waals surface area contributed by atoms with E-state index in [9.17, 15) is 14.7 Å². The van der Waals surface area contributed by atoms with Crippen LogP contribution in [-0.4, -0.2) is 54.7 Å². The maximum absolute atomic E-state index is 12.3. The number of nitrogens with zero attached hydrogens (tertiary/aromatic N) is 2. The largest absolute Gasteiger partial charge is 0.507 e. The monoisotopic (exact) mass is 388 g/mol. The van der Waals surface area contributed by atoms with Crippen molar-refractivity contribution in [1.29, 1.82) is 0 Å². The zero-order valence-corrected chi connectivity index (χ0v) is 15.8. The minimum absolute atomic E-state index is 0.0635. The number of anilines is 1. The van der Waals surface area contributed by atoms with Crippen molar-refractivity contribution in [2.45, 2.75) is 6.92 Å². The molecule has 0 aromatic heterocycles. The average molecular weight is 389 g/mol. The third-order valence-corrected chi connectivity index (χ3v) is 4.83. The van der Waals surface area contributed by atoms with Crippen molar-refractivity contribution in [2.75, 3.05) is 37.7 Å². The summed E-state index contributed by atoms with van der Waals surface area (Å²) >= 11 is 6.03. The summed E-state index contributed by atoms with van der Waals surface area (Å²) in [6.45, 7) is 3.79. The lowest BCUT2D eigenvalue weighted by Crippen LogP contribution is -2.49. The van der Waals surface area contributed by atoms with Crippen LogP contribution in [0.25, 0.3) is 0 Å². The van der Waals surface area contributed by atoms with E-state index < -0.39 is 5.97 Å². The molecule has 27 heavy (non-hydrogen) atoms. The molecule has 0 atom stereocenters. The first-order chi connectivity index (χ1) is 13.0. The van der Waals surface area contributed by atoms with Gasteiger partial charge < -0.3 is 19.6 Å². The van der Waals surface area contributed by atoms with Gasteiger partial charge in [-0.2, -0.15) is 0 Å². The van der Waals surface area contributed by atoms with Crippen LogP contribution in [0.3, 0.4) is 0 Å². The average Bonchev–Trinajstić information content (AvgIpc) is 2.68. The molecule has 7 heteroatoms. The van der Waals surface area contributed by atoms with Crippen LogP contribution in [0.5, 0.6) is 5.75 Å². The lowest BCUT2D eigenvalue weighted by atomic mass is 10.1. The minimum Gasteiger partial charge on any atom is -0.507 e. The van der Waals surface area contributed by atoms with Crippen LogP contribution in [-0.2, 0) is 9.53 Å². The molecule has 0 bridgehead atoms. The second kappa shape index (κ2) is 8.31. The van der Waals surface area contributed by atoms with Gasteiger partial charge in [-0.05, 0) is 36.8 Å². The Morgan fingerprint density at radius 3 is 2.52 bits per heavy atom. The molecular weight excluding hydrogens is 368 g/mol. The van der Waals surface area contributed by atoms with Crippen molar-refractivity contribution in [1.82, 2.24) is 4.90 Å². The number of rotatable bonds is 4. The van der Waals surface area contributed by atoms with Gasteiger partial charge in [-0.1, -0.05) is 29.8 Å². The SMILES string of the molecule is Cc1cccc(C(=O)OCC(=O)N2CCN(c3cccc(Cl)c3)CC2)c1O. The molecule has 2 aromatic carbocycles. The lowest BCUT2D eigenvalue weighted by Gasteiger charge is -2.36. The van der Waals surface area contributed by atoms with Gasteiger partial charge in [0, 0.05) is 36.9 Å². The van der Waals surface area contributed by atoms with Crippen LogP contribution < -0.4 is 4.90 Å². The number of hydrogen-bond donors (Lipinski definition) is 1. The molecule has 1 amide bonds. The van der Waals surface area contributed by atoms with Crippen molar-refractivity contribution in [3.05, 3.63) is 58.6 Å². The highest BCUT2D eigenvalue weighted by Crippen LogP contribution is 2.23. The van der Waals surface area contributed by atoms with Gasteiger partial charge in [-0.15, -0.1) is 0 Å². The summed E-state index contributed by atoms with van der Waals surface area (Å²) in [4.78, 5) is 28.3. The summed E-state index contributed by atoms with van der Waals surface area (Å²) in [7, 11) is 0. The zero-order valence-electron chi connectivity index (χ0n) is 15.0. The van der Waals surface area contributed by atoms with Crippen LogP contribution in [0, 0.1) is 6.92 Å². The summed E-state index contributed by atoms with van der Waals surface area (Å²) in [6, 6.07) is 12.4. The molecule has 3 rings (SSSR count). The van der Waals surface area contributed by atoms with Gasteiger partial charge in [0.15, 0.2) is 6.61 Å². The summed E-state index contributed by atoms with van der Waals surface area (Å²) in [5.74, 6) is -1.08. The predicted octanol–water partition coefficient (Wildman–Crippen LogP) is 2.86. The van der Waals surface area contributed by atoms with Gasteiger partial charge >= 0.3 is 5.97 Å². The van der Waals surface area contributed by atoms with Gasteiger partial charge in [-0.3, -0.25) is 4.79 Å². The Hall–Kier alpha value is -2.73. The van der Waals surface area contributed by atoms with Crippen LogP contribution in [0.2, 0.25) is 5.02 Å². The zero-order chi connectivity index (χ0) is 19.4. The number of para-hydroxylation sites is 1. The molecule has 0 unspecified atom stereocenters. The maximum atomic E-state index is 12.3. The normalized spacial score (nSPS) is 14.1. The third kappa shape index (κ3) is 4.52. The molecule has 1 aliphatic rings. The van der Waals surface area contributed by atoms with Gasteiger partial charge in [0.25, 0.3) is 5.91 Å². The number of hydrogen-bond acceptors (Lipinski definition) is 5. The van der Waals surface area contributed by atoms with Crippen molar-refractivity contribution >= 4 is 29.2 Å². The van der Waals surface area contributed by atoms with E-state index in [2.05, 4.69) is 4.90 Å². The Morgan fingerprint density at radius 1 is 1.11 bits per heavy atom. The molecule has 0 spiro atoms. The number of amides is 1. The maximum Gasteiger partial charge on any atom is 0.342 e. The Morgan fingerprint density at radius 2 is 1.81 bits per heavy atom. The first-order valence-electron chi connectivity index (χ1n) is 8.69. The number of piperazine rings is 1. The predicted molar refractivity (Wildman–Crippen MR) is 103 cm³/mol. The molecule has 142 valence electrons. The van der Waals surface area contributed by atoms with Crippen LogP contribution >= 0.6 is 11.6 Å². The molecule has 6 nitrogen and oxygen atoms in total. The van der Waals surface area contributed by atoms with E-state index in [4.69, 9.17) is 16.3 Å². The summed E-state index contributed by atoms with van der Waals surface area (Å²) in [5.41, 5.74) is 1.66. The smallest absolute Gasteiger partial charge is 0.342 e. The van der Waals surface area contributed by atoms with Crippen molar-refractivity contribution in [3.63, 3.8) is 0 Å². The second-order valence-electron chi connectivity index (χ2n) is 6.39. The molecule has 0 saturated carbocycles. The highest BCUT2D eigenvalue weighted by atomic mass is 35.5. The van der Waals surface area contributed by atoms with Crippen molar-refractivity contribution < 1.29 is 19.4 Å². The first kappa shape index (κ1) is 19.0. The number of phenolic OH excluding ortho intramolecular Hbond substituents is 1. The van der Waals surface area contributed by atoms with E-state index in [0.717, 1.165) is 5.69 Å². The number of ether oxygens (including phenoxy) is 1. The number of phenols is 1. The number of aromatic hydroxyl groups is 1. The fourth-order valence-corrected chi connectivity index (χ4v) is 3.19. The molecule has 1 N–H and O–H groups in total. The quantitative estimate of drug-likeness (QED) is 0.815. The van der Waals surface area contributed by atoms with E-state index in [1.807, 2.05) is 24.3 Å². The van der Waals surface area contributed by atoms with Crippen LogP contribution in [0.4, 0.5) is 5.69 Å². The molecule has 1 fully saturated rings. The molecule has 2 aromatic rings. The second-order valence-corrected chi connectivity index (χ2v) is 6.83. The highest BCUT2D eigenvalue weighted by molar-refractivity contribution is 6.30. The molecule has 1 heterocycles. The number of halogens is 1. The van der Waals surface area contributed by atoms with Crippen molar-refractivity contribution in [2.24, 2.45) is 0 Å². The number of carbonyl (C=O) groups is 2. The fraction of sp³-hybridized carbons (Fsp3) is 0.300. The number of carbonyl (C=O) groups excluding carboxylic acids is 2. The van der Waals surface area contributed by atoms with Crippen LogP contribution in [0.1, 0.15) is 15.9 Å². The number of benzene rings is 2. The standard InChI is InChI=1S/C20H21ClN2O4/c1-14-4-2-7-17(19(14)25)20(26)27-13-18(24)23-10-8-22(9-11-23)16-6-3-5-15(21)12-16/h2-7,12,25H,8-11,13H2,1H3. The van der Waals surface area contributed by atoms with Gasteiger partial charge in [0.05, 0.1) is 0 Å².